The summed E-state index contributed by atoms with van der Waals surface area (Å²) in [5.41, 5.74) is 2.74. The lowest BCUT2D eigenvalue weighted by atomic mass is 10.1. The summed E-state index contributed by atoms with van der Waals surface area (Å²) in [4.78, 5) is 16.1. The van der Waals surface area contributed by atoms with Crippen molar-refractivity contribution in [1.29, 1.82) is 0 Å². The van der Waals surface area contributed by atoms with Gasteiger partial charge in [-0.15, -0.1) is 0 Å². The van der Waals surface area contributed by atoms with Crippen LogP contribution in [-0.2, 0) is 0 Å². The van der Waals surface area contributed by atoms with Crippen molar-refractivity contribution < 1.29 is 9.18 Å². The lowest BCUT2D eigenvalue weighted by Crippen LogP contribution is -2.15. The molecule has 1 N–H and O–H groups in total. The van der Waals surface area contributed by atoms with E-state index in [1.807, 2.05) is 19.9 Å². The number of hydrogen-bond donors (Lipinski definition) is 1. The summed E-state index contributed by atoms with van der Waals surface area (Å²) in [6.45, 7) is 3.75. The molecule has 3 nitrogen and oxygen atoms in total. The zero-order valence-corrected chi connectivity index (χ0v) is 10.2. The second-order valence-corrected chi connectivity index (χ2v) is 4.14. The van der Waals surface area contributed by atoms with Gasteiger partial charge in [-0.25, -0.2) is 4.39 Å². The number of carbonyl (C=O) groups excluding carboxylic acids is 1. The number of nitrogens with one attached hydrogen (secondary N) is 1. The van der Waals surface area contributed by atoms with Gasteiger partial charge in [0.2, 0.25) is 0 Å². The SMILES string of the molecule is Cc1cnc(C(=O)Nc2ccc(F)cc2)c(C)c1. The van der Waals surface area contributed by atoms with Gasteiger partial charge >= 0.3 is 0 Å². The van der Waals surface area contributed by atoms with Crippen LogP contribution in [0.15, 0.2) is 36.5 Å². The van der Waals surface area contributed by atoms with Crippen LogP contribution >= 0.6 is 0 Å². The van der Waals surface area contributed by atoms with Crippen molar-refractivity contribution in [2.75, 3.05) is 5.32 Å². The molecule has 1 amide bonds. The van der Waals surface area contributed by atoms with Gasteiger partial charge in [0, 0.05) is 11.9 Å². The van der Waals surface area contributed by atoms with Crippen LogP contribution in [0.2, 0.25) is 0 Å². The van der Waals surface area contributed by atoms with Crippen LogP contribution in [-0.4, -0.2) is 10.9 Å². The van der Waals surface area contributed by atoms with Crippen molar-refractivity contribution >= 4 is 11.6 Å². The number of aryl methyl sites for hydroxylation is 2. The average molecular weight is 244 g/mol. The molecule has 0 spiro atoms. The van der Waals surface area contributed by atoms with E-state index < -0.39 is 0 Å². The first kappa shape index (κ1) is 12.2. The number of aromatic nitrogens is 1. The number of amides is 1. The molecular weight excluding hydrogens is 231 g/mol. The number of hydrogen-bond acceptors (Lipinski definition) is 2. The number of rotatable bonds is 2. The van der Waals surface area contributed by atoms with Crippen LogP contribution in [0.5, 0.6) is 0 Å². The maximum absolute atomic E-state index is 12.7. The molecule has 0 saturated carbocycles. The fourth-order valence-corrected chi connectivity index (χ4v) is 1.68. The van der Waals surface area contributed by atoms with E-state index in [1.165, 1.54) is 24.3 Å². The monoisotopic (exact) mass is 244 g/mol. The average Bonchev–Trinajstić information content (AvgIpc) is 2.32. The fraction of sp³-hybridized carbons (Fsp3) is 0.143. The molecule has 0 unspecified atom stereocenters. The van der Waals surface area contributed by atoms with Crippen LogP contribution in [0.3, 0.4) is 0 Å². The number of nitrogens with zero attached hydrogens (tertiary/aromatic N) is 1. The molecule has 0 aliphatic rings. The van der Waals surface area contributed by atoms with Gasteiger partial charge in [-0.2, -0.15) is 0 Å². The van der Waals surface area contributed by atoms with Crippen LogP contribution in [0, 0.1) is 19.7 Å². The molecular formula is C14H13FN2O. The largest absolute Gasteiger partial charge is 0.321 e. The van der Waals surface area contributed by atoms with E-state index in [-0.39, 0.29) is 11.7 Å². The van der Waals surface area contributed by atoms with Crippen LogP contribution < -0.4 is 5.32 Å². The standard InChI is InChI=1S/C14H13FN2O/c1-9-7-10(2)13(16-8-9)14(18)17-12-5-3-11(15)4-6-12/h3-8H,1-2H3,(H,17,18). The molecule has 1 aromatic carbocycles. The van der Waals surface area contributed by atoms with Gasteiger partial charge in [0.25, 0.3) is 5.91 Å². The molecule has 0 aliphatic heterocycles. The molecule has 1 heterocycles. The molecule has 4 heteroatoms. The third kappa shape index (κ3) is 2.71. The van der Waals surface area contributed by atoms with E-state index >= 15 is 0 Å². The first-order valence-electron chi connectivity index (χ1n) is 5.56. The summed E-state index contributed by atoms with van der Waals surface area (Å²) in [7, 11) is 0. The minimum Gasteiger partial charge on any atom is -0.321 e. The molecule has 0 aliphatic carbocycles. The second-order valence-electron chi connectivity index (χ2n) is 4.14. The van der Waals surface area contributed by atoms with Crippen molar-refractivity contribution in [2.24, 2.45) is 0 Å². The lowest BCUT2D eigenvalue weighted by molar-refractivity contribution is 0.102. The van der Waals surface area contributed by atoms with Gasteiger partial charge in [0.1, 0.15) is 11.5 Å². The highest BCUT2D eigenvalue weighted by Gasteiger charge is 2.10. The molecule has 0 fully saturated rings. The summed E-state index contributed by atoms with van der Waals surface area (Å²) < 4.78 is 12.7. The predicted octanol–water partition coefficient (Wildman–Crippen LogP) is 3.09. The van der Waals surface area contributed by atoms with E-state index in [0.717, 1.165) is 11.1 Å². The highest BCUT2D eigenvalue weighted by molar-refractivity contribution is 6.03. The summed E-state index contributed by atoms with van der Waals surface area (Å²) in [5, 5.41) is 2.68. The van der Waals surface area contributed by atoms with Gasteiger partial charge in [-0.1, -0.05) is 6.07 Å². The quantitative estimate of drug-likeness (QED) is 0.882. The maximum atomic E-state index is 12.7. The zero-order chi connectivity index (χ0) is 13.1. The Bertz CT molecular complexity index is 579. The molecule has 0 bridgehead atoms. The van der Waals surface area contributed by atoms with Crippen LogP contribution in [0.1, 0.15) is 21.6 Å². The first-order chi connectivity index (χ1) is 8.56. The van der Waals surface area contributed by atoms with Crippen molar-refractivity contribution in [3.05, 3.63) is 59.2 Å². The van der Waals surface area contributed by atoms with Gasteiger partial charge in [-0.05, 0) is 49.2 Å². The molecule has 92 valence electrons. The van der Waals surface area contributed by atoms with Gasteiger partial charge < -0.3 is 5.32 Å². The smallest absolute Gasteiger partial charge is 0.274 e. The van der Waals surface area contributed by atoms with E-state index in [0.29, 0.717) is 11.4 Å². The van der Waals surface area contributed by atoms with Crippen molar-refractivity contribution in [1.82, 2.24) is 4.98 Å². The van der Waals surface area contributed by atoms with Crippen molar-refractivity contribution in [2.45, 2.75) is 13.8 Å². The molecule has 0 atom stereocenters. The Kier molecular flexibility index (Phi) is 3.37. The molecule has 0 saturated heterocycles. The number of anilines is 1. The summed E-state index contributed by atoms with van der Waals surface area (Å²) >= 11 is 0. The van der Waals surface area contributed by atoms with Crippen LogP contribution in [0.25, 0.3) is 0 Å². The highest BCUT2D eigenvalue weighted by atomic mass is 19.1. The number of carbonyl (C=O) groups is 1. The van der Waals surface area contributed by atoms with Gasteiger partial charge in [-0.3, -0.25) is 9.78 Å². The molecule has 2 rings (SSSR count). The van der Waals surface area contributed by atoms with E-state index in [2.05, 4.69) is 10.3 Å². The number of benzene rings is 1. The summed E-state index contributed by atoms with van der Waals surface area (Å²) in [5.74, 6) is -0.628. The maximum Gasteiger partial charge on any atom is 0.274 e. The Labute approximate surface area is 105 Å². The van der Waals surface area contributed by atoms with Crippen molar-refractivity contribution in [3.63, 3.8) is 0 Å². The Hall–Kier alpha value is -2.23. The molecule has 1 aromatic heterocycles. The minimum atomic E-state index is -0.336. The Balaban J connectivity index is 2.19. The molecule has 18 heavy (non-hydrogen) atoms. The van der Waals surface area contributed by atoms with Crippen LogP contribution in [0.4, 0.5) is 10.1 Å². The van der Waals surface area contributed by atoms with Gasteiger partial charge in [0.15, 0.2) is 0 Å². The predicted molar refractivity (Wildman–Crippen MR) is 68.1 cm³/mol. The fourth-order valence-electron chi connectivity index (χ4n) is 1.68. The Morgan fingerprint density at radius 3 is 2.50 bits per heavy atom. The topological polar surface area (TPSA) is 42.0 Å². The Morgan fingerprint density at radius 1 is 1.22 bits per heavy atom. The normalized spacial score (nSPS) is 10.2. The van der Waals surface area contributed by atoms with E-state index in [4.69, 9.17) is 0 Å². The zero-order valence-electron chi connectivity index (χ0n) is 10.2. The van der Waals surface area contributed by atoms with Crippen molar-refractivity contribution in [3.8, 4) is 0 Å². The molecule has 0 radical (unpaired) electrons. The lowest BCUT2D eigenvalue weighted by Gasteiger charge is -2.07. The number of halogens is 1. The third-order valence-electron chi connectivity index (χ3n) is 2.53. The third-order valence-corrected chi connectivity index (χ3v) is 2.53. The highest BCUT2D eigenvalue weighted by Crippen LogP contribution is 2.12. The minimum absolute atomic E-state index is 0.292. The molecule has 2 aromatic rings. The summed E-state index contributed by atoms with van der Waals surface area (Å²) in [6.07, 6.45) is 1.65. The second kappa shape index (κ2) is 4.96. The van der Waals surface area contributed by atoms with E-state index in [9.17, 15) is 9.18 Å². The number of pyridine rings is 1. The van der Waals surface area contributed by atoms with Gasteiger partial charge in [0.05, 0.1) is 0 Å². The van der Waals surface area contributed by atoms with E-state index in [1.54, 1.807) is 6.20 Å². The first-order valence-corrected chi connectivity index (χ1v) is 5.56. The Morgan fingerprint density at radius 2 is 1.89 bits per heavy atom. The summed E-state index contributed by atoms with van der Waals surface area (Å²) in [6, 6.07) is 7.51.